The summed E-state index contributed by atoms with van der Waals surface area (Å²) < 4.78 is 16.1. The Morgan fingerprint density at radius 2 is 1.86 bits per heavy atom. The minimum atomic E-state index is -0.698. The van der Waals surface area contributed by atoms with Gasteiger partial charge in [0.15, 0.2) is 17.3 Å². The first-order valence-corrected chi connectivity index (χ1v) is 9.57. The maximum atomic E-state index is 12.3. The lowest BCUT2D eigenvalue weighted by atomic mass is 10.2. The van der Waals surface area contributed by atoms with Gasteiger partial charge in [0.2, 0.25) is 0 Å². The second kappa shape index (κ2) is 11.1. The van der Waals surface area contributed by atoms with Crippen LogP contribution in [-0.4, -0.2) is 49.1 Å². The lowest BCUT2D eigenvalue weighted by Crippen LogP contribution is -2.30. The second-order valence-electron chi connectivity index (χ2n) is 6.40. The van der Waals surface area contributed by atoms with Crippen molar-refractivity contribution in [3.05, 3.63) is 46.2 Å². The molecule has 0 atom stereocenters. The van der Waals surface area contributed by atoms with Crippen LogP contribution < -0.4 is 14.8 Å². The van der Waals surface area contributed by atoms with Crippen molar-refractivity contribution in [3.8, 4) is 11.5 Å². The van der Waals surface area contributed by atoms with Crippen LogP contribution in [0.4, 0.5) is 11.6 Å². The molecule has 2 aromatic rings. The molecule has 29 heavy (non-hydrogen) atoms. The third-order valence-electron chi connectivity index (χ3n) is 4.16. The summed E-state index contributed by atoms with van der Waals surface area (Å²) in [6, 6.07) is 7.38. The Morgan fingerprint density at radius 1 is 1.14 bits per heavy atom. The summed E-state index contributed by atoms with van der Waals surface area (Å²) in [5.74, 6) is -0.175. The summed E-state index contributed by atoms with van der Waals surface area (Å²) in [7, 11) is 1.54. The van der Waals surface area contributed by atoms with Crippen molar-refractivity contribution in [2.45, 2.75) is 26.7 Å². The number of ether oxygens (including phenoxy) is 2. The number of methoxy groups -OCH3 is 1. The number of anilines is 1. The van der Waals surface area contributed by atoms with Crippen LogP contribution >= 0.6 is 0 Å². The maximum Gasteiger partial charge on any atom is 0.433 e. The number of carbonyl (C=O) groups excluding carboxylic acids is 1. The molecular formula is C20H27N3O6. The number of hydrogen-bond donors (Lipinski definition) is 1. The van der Waals surface area contributed by atoms with Crippen LogP contribution in [0, 0.1) is 10.1 Å². The Balaban J connectivity index is 2.03. The Bertz CT molecular complexity index is 814. The first-order valence-electron chi connectivity index (χ1n) is 9.57. The van der Waals surface area contributed by atoms with E-state index in [2.05, 4.69) is 24.1 Å². The number of hydrogen-bond acceptors (Lipinski definition) is 7. The normalized spacial score (nSPS) is 10.8. The smallest absolute Gasteiger partial charge is 0.433 e. The van der Waals surface area contributed by atoms with Crippen molar-refractivity contribution >= 4 is 17.5 Å². The van der Waals surface area contributed by atoms with E-state index in [0.717, 1.165) is 38.5 Å². The fraction of sp³-hybridized carbons (Fsp3) is 0.450. The average molecular weight is 405 g/mol. The van der Waals surface area contributed by atoms with Crippen LogP contribution in [0.1, 0.15) is 37.2 Å². The summed E-state index contributed by atoms with van der Waals surface area (Å²) in [4.78, 5) is 24.6. The van der Waals surface area contributed by atoms with Gasteiger partial charge in [0.1, 0.15) is 11.5 Å². The van der Waals surface area contributed by atoms with Gasteiger partial charge in [-0.3, -0.25) is 19.8 Å². The fourth-order valence-electron chi connectivity index (χ4n) is 2.86. The standard InChI is InChI=1S/C20H27N3O6/c1-4-10-22(11-5-2)12-13-28-18-14-15(6-7-16(18)27-3)21-20(24)17-8-9-19(29-17)23(25)26/h6-9,14H,4-5,10-13H2,1-3H3,(H,21,24). The van der Waals surface area contributed by atoms with Crippen molar-refractivity contribution in [1.29, 1.82) is 0 Å². The van der Waals surface area contributed by atoms with Gasteiger partial charge in [-0.05, 0) is 44.1 Å². The number of carbonyl (C=O) groups is 1. The molecule has 2 rings (SSSR count). The zero-order valence-electron chi connectivity index (χ0n) is 17.0. The molecule has 0 aliphatic carbocycles. The van der Waals surface area contributed by atoms with Crippen LogP contribution in [0.25, 0.3) is 0 Å². The minimum Gasteiger partial charge on any atom is -0.493 e. The largest absolute Gasteiger partial charge is 0.493 e. The number of furan rings is 1. The molecule has 1 heterocycles. The van der Waals surface area contributed by atoms with E-state index < -0.39 is 16.7 Å². The Hall–Kier alpha value is -3.07. The van der Waals surface area contributed by atoms with E-state index in [1.165, 1.54) is 6.07 Å². The van der Waals surface area contributed by atoms with Crippen LogP contribution in [0.3, 0.4) is 0 Å². The molecule has 1 aromatic carbocycles. The zero-order valence-corrected chi connectivity index (χ0v) is 17.0. The molecule has 0 saturated carbocycles. The number of rotatable bonds is 12. The van der Waals surface area contributed by atoms with Gasteiger partial charge in [0, 0.05) is 18.3 Å². The van der Waals surface area contributed by atoms with E-state index in [-0.39, 0.29) is 5.76 Å². The molecule has 0 bridgehead atoms. The molecule has 0 saturated heterocycles. The molecule has 158 valence electrons. The third-order valence-corrected chi connectivity index (χ3v) is 4.16. The maximum absolute atomic E-state index is 12.3. The third kappa shape index (κ3) is 6.49. The Kier molecular flexibility index (Phi) is 8.47. The van der Waals surface area contributed by atoms with E-state index >= 15 is 0 Å². The molecule has 0 radical (unpaired) electrons. The van der Waals surface area contributed by atoms with Crippen LogP contribution in [0.5, 0.6) is 11.5 Å². The highest BCUT2D eigenvalue weighted by Gasteiger charge is 2.18. The average Bonchev–Trinajstić information content (AvgIpc) is 3.19. The van der Waals surface area contributed by atoms with E-state index in [1.807, 2.05) is 0 Å². The van der Waals surface area contributed by atoms with Crippen molar-refractivity contribution < 1.29 is 23.6 Å². The molecule has 0 spiro atoms. The second-order valence-corrected chi connectivity index (χ2v) is 6.40. The summed E-state index contributed by atoms with van der Waals surface area (Å²) in [6.45, 7) is 7.59. The molecule has 1 N–H and O–H groups in total. The topological polar surface area (TPSA) is 107 Å². The molecule has 0 aliphatic rings. The monoisotopic (exact) mass is 405 g/mol. The van der Waals surface area contributed by atoms with E-state index in [1.54, 1.807) is 25.3 Å². The molecule has 9 nitrogen and oxygen atoms in total. The summed E-state index contributed by atoms with van der Waals surface area (Å²) in [6.07, 6.45) is 2.16. The lowest BCUT2D eigenvalue weighted by molar-refractivity contribution is -0.402. The highest BCUT2D eigenvalue weighted by molar-refractivity contribution is 6.02. The summed E-state index contributed by atoms with van der Waals surface area (Å²) in [5, 5.41) is 13.3. The van der Waals surface area contributed by atoms with E-state index in [9.17, 15) is 14.9 Å². The quantitative estimate of drug-likeness (QED) is 0.421. The van der Waals surface area contributed by atoms with Gasteiger partial charge in [0.05, 0.1) is 13.2 Å². The van der Waals surface area contributed by atoms with Gasteiger partial charge >= 0.3 is 5.88 Å². The van der Waals surface area contributed by atoms with Crippen molar-refractivity contribution in [2.24, 2.45) is 0 Å². The molecule has 0 unspecified atom stereocenters. The zero-order chi connectivity index (χ0) is 21.2. The van der Waals surface area contributed by atoms with Gasteiger partial charge in [0.25, 0.3) is 5.91 Å². The predicted molar refractivity (Wildman–Crippen MR) is 109 cm³/mol. The number of nitro groups is 1. The molecule has 9 heteroatoms. The lowest BCUT2D eigenvalue weighted by Gasteiger charge is -2.21. The molecule has 0 aliphatic heterocycles. The molecule has 1 amide bonds. The fourth-order valence-corrected chi connectivity index (χ4v) is 2.86. The predicted octanol–water partition coefficient (Wildman–Crippen LogP) is 3.95. The van der Waals surface area contributed by atoms with Crippen LogP contribution in [0.2, 0.25) is 0 Å². The van der Waals surface area contributed by atoms with E-state index in [4.69, 9.17) is 13.9 Å². The first-order chi connectivity index (χ1) is 14.0. The van der Waals surface area contributed by atoms with Gasteiger partial charge in [-0.15, -0.1) is 0 Å². The summed E-state index contributed by atoms with van der Waals surface area (Å²) in [5.41, 5.74) is 0.462. The van der Waals surface area contributed by atoms with E-state index in [0.29, 0.717) is 23.8 Å². The van der Waals surface area contributed by atoms with Gasteiger partial charge in [-0.2, -0.15) is 0 Å². The first kappa shape index (κ1) is 22.2. The number of nitrogens with one attached hydrogen (secondary N) is 1. The van der Waals surface area contributed by atoms with Gasteiger partial charge in [-0.25, -0.2) is 0 Å². The molecule has 0 fully saturated rings. The summed E-state index contributed by atoms with van der Waals surface area (Å²) >= 11 is 0. The van der Waals surface area contributed by atoms with Gasteiger partial charge in [-0.1, -0.05) is 13.8 Å². The Labute approximate surface area is 169 Å². The number of amides is 1. The molecular weight excluding hydrogens is 378 g/mol. The number of nitrogens with zero attached hydrogens (tertiary/aromatic N) is 2. The van der Waals surface area contributed by atoms with Crippen LogP contribution in [0.15, 0.2) is 34.7 Å². The van der Waals surface area contributed by atoms with Crippen LogP contribution in [-0.2, 0) is 0 Å². The van der Waals surface area contributed by atoms with Crippen molar-refractivity contribution in [3.63, 3.8) is 0 Å². The SMILES string of the molecule is CCCN(CCC)CCOc1cc(NC(=O)c2ccc([N+](=O)[O-])o2)ccc1OC. The van der Waals surface area contributed by atoms with Crippen molar-refractivity contribution in [1.82, 2.24) is 4.90 Å². The highest BCUT2D eigenvalue weighted by atomic mass is 16.6. The van der Waals surface area contributed by atoms with Crippen molar-refractivity contribution in [2.75, 3.05) is 38.7 Å². The number of benzene rings is 1. The Morgan fingerprint density at radius 3 is 2.45 bits per heavy atom. The molecule has 1 aromatic heterocycles. The highest BCUT2D eigenvalue weighted by Crippen LogP contribution is 2.30. The minimum absolute atomic E-state index is 0.148. The van der Waals surface area contributed by atoms with Gasteiger partial charge < -0.3 is 19.2 Å².